The van der Waals surface area contributed by atoms with Gasteiger partial charge in [-0.2, -0.15) is 0 Å². The highest BCUT2D eigenvalue weighted by Gasteiger charge is 2.03. The molecule has 0 spiro atoms. The largest absolute Gasteiger partial charge is 0.327 e. The minimum Gasteiger partial charge on any atom is -0.327 e. The molecule has 2 N–H and O–H groups in total. The van der Waals surface area contributed by atoms with Gasteiger partial charge in [-0.25, -0.2) is 9.18 Å². The summed E-state index contributed by atoms with van der Waals surface area (Å²) >= 11 is 0. The lowest BCUT2D eigenvalue weighted by Gasteiger charge is -2.05. The Bertz CT molecular complexity index is 644. The van der Waals surface area contributed by atoms with E-state index in [1.54, 1.807) is 12.1 Å². The normalized spacial score (nSPS) is 9.25. The summed E-state index contributed by atoms with van der Waals surface area (Å²) in [5.41, 5.74) is 1.02. The smallest absolute Gasteiger partial charge is 0.320 e. The SMILES string of the molecule is O=C(NCC#Cc1ccccc1)Nc1ccccc1F. The van der Waals surface area contributed by atoms with Crippen LogP contribution in [0.1, 0.15) is 5.56 Å². The molecule has 0 aromatic heterocycles. The van der Waals surface area contributed by atoms with Gasteiger partial charge in [0, 0.05) is 5.56 Å². The van der Waals surface area contributed by atoms with Gasteiger partial charge in [0.15, 0.2) is 0 Å². The quantitative estimate of drug-likeness (QED) is 0.808. The van der Waals surface area contributed by atoms with Crippen molar-refractivity contribution in [2.24, 2.45) is 0 Å². The molecule has 0 fully saturated rings. The van der Waals surface area contributed by atoms with E-state index in [9.17, 15) is 9.18 Å². The van der Waals surface area contributed by atoms with E-state index in [2.05, 4.69) is 22.5 Å². The Kier molecular flexibility index (Phi) is 4.74. The number of anilines is 1. The molecule has 0 radical (unpaired) electrons. The highest BCUT2D eigenvalue weighted by Crippen LogP contribution is 2.11. The lowest BCUT2D eigenvalue weighted by molar-refractivity contribution is 0.253. The summed E-state index contributed by atoms with van der Waals surface area (Å²) in [5, 5.41) is 4.95. The van der Waals surface area contributed by atoms with E-state index in [0.29, 0.717) is 0 Å². The summed E-state index contributed by atoms with van der Waals surface area (Å²) in [5.74, 6) is 5.25. The third-order valence-corrected chi connectivity index (χ3v) is 2.47. The van der Waals surface area contributed by atoms with Crippen molar-refractivity contribution in [2.45, 2.75) is 0 Å². The zero-order valence-electron chi connectivity index (χ0n) is 10.7. The molecule has 2 aromatic carbocycles. The van der Waals surface area contributed by atoms with Gasteiger partial charge in [-0.3, -0.25) is 0 Å². The van der Waals surface area contributed by atoms with Gasteiger partial charge in [-0.1, -0.05) is 42.2 Å². The number of para-hydroxylation sites is 1. The number of urea groups is 1. The highest BCUT2D eigenvalue weighted by atomic mass is 19.1. The minimum atomic E-state index is -0.488. The molecular weight excluding hydrogens is 255 g/mol. The maximum Gasteiger partial charge on any atom is 0.320 e. The van der Waals surface area contributed by atoms with Crippen LogP contribution >= 0.6 is 0 Å². The number of rotatable bonds is 2. The molecule has 20 heavy (non-hydrogen) atoms. The standard InChI is InChI=1S/C16H13FN2O/c17-14-10-4-5-11-15(14)19-16(20)18-12-6-9-13-7-2-1-3-8-13/h1-5,7-8,10-11H,12H2,(H2,18,19,20). The minimum absolute atomic E-state index is 0.140. The van der Waals surface area contributed by atoms with E-state index in [-0.39, 0.29) is 12.2 Å². The predicted molar refractivity (Wildman–Crippen MR) is 76.7 cm³/mol. The molecule has 3 nitrogen and oxygen atoms in total. The lowest BCUT2D eigenvalue weighted by atomic mass is 10.2. The Morgan fingerprint density at radius 1 is 1.05 bits per heavy atom. The first-order chi connectivity index (χ1) is 9.75. The van der Waals surface area contributed by atoms with Gasteiger partial charge in [0.1, 0.15) is 5.82 Å². The summed E-state index contributed by atoms with van der Waals surface area (Å²) in [4.78, 5) is 11.5. The molecular formula is C16H13FN2O. The first-order valence-electron chi connectivity index (χ1n) is 6.09. The summed E-state index contributed by atoms with van der Waals surface area (Å²) < 4.78 is 13.3. The molecule has 2 amide bonds. The van der Waals surface area contributed by atoms with Gasteiger partial charge in [-0.15, -0.1) is 0 Å². The Morgan fingerprint density at radius 2 is 1.75 bits per heavy atom. The molecule has 0 aliphatic carbocycles. The number of carbonyl (C=O) groups is 1. The van der Waals surface area contributed by atoms with Crippen molar-refractivity contribution in [2.75, 3.05) is 11.9 Å². The van der Waals surface area contributed by atoms with E-state index in [1.165, 1.54) is 12.1 Å². The van der Waals surface area contributed by atoms with E-state index in [0.717, 1.165) is 5.56 Å². The van der Waals surface area contributed by atoms with Gasteiger partial charge in [0.05, 0.1) is 12.2 Å². The van der Waals surface area contributed by atoms with Crippen LogP contribution in [0.5, 0.6) is 0 Å². The molecule has 0 atom stereocenters. The molecule has 0 saturated heterocycles. The fourth-order valence-corrected chi connectivity index (χ4v) is 1.52. The number of hydrogen-bond donors (Lipinski definition) is 2. The van der Waals surface area contributed by atoms with Crippen molar-refractivity contribution in [3.05, 3.63) is 66.0 Å². The summed E-state index contributed by atoms with van der Waals surface area (Å²) in [6, 6.07) is 14.9. The monoisotopic (exact) mass is 268 g/mol. The topological polar surface area (TPSA) is 41.1 Å². The van der Waals surface area contributed by atoms with Crippen molar-refractivity contribution < 1.29 is 9.18 Å². The Hall–Kier alpha value is -2.80. The molecule has 100 valence electrons. The zero-order valence-corrected chi connectivity index (χ0v) is 10.7. The van der Waals surface area contributed by atoms with E-state index >= 15 is 0 Å². The number of benzene rings is 2. The second-order valence-corrected chi connectivity index (χ2v) is 3.96. The van der Waals surface area contributed by atoms with Crippen molar-refractivity contribution in [1.29, 1.82) is 0 Å². The molecule has 0 unspecified atom stereocenters. The molecule has 2 rings (SSSR count). The van der Waals surface area contributed by atoms with E-state index in [1.807, 2.05) is 30.3 Å². The molecule has 2 aromatic rings. The molecule has 0 aliphatic heterocycles. The van der Waals surface area contributed by atoms with Crippen molar-refractivity contribution in [3.63, 3.8) is 0 Å². The van der Waals surface area contributed by atoms with Crippen LogP contribution in [0.2, 0.25) is 0 Å². The van der Waals surface area contributed by atoms with Crippen molar-refractivity contribution in [1.82, 2.24) is 5.32 Å². The lowest BCUT2D eigenvalue weighted by Crippen LogP contribution is -2.29. The molecule has 0 heterocycles. The second kappa shape index (κ2) is 6.95. The fourth-order valence-electron chi connectivity index (χ4n) is 1.52. The third kappa shape index (κ3) is 4.14. The average molecular weight is 268 g/mol. The predicted octanol–water partition coefficient (Wildman–Crippen LogP) is 3.00. The first-order valence-corrected chi connectivity index (χ1v) is 6.09. The number of halogens is 1. The molecule has 0 bridgehead atoms. The van der Waals surface area contributed by atoms with Gasteiger partial charge in [0.25, 0.3) is 0 Å². The van der Waals surface area contributed by atoms with Crippen LogP contribution in [-0.4, -0.2) is 12.6 Å². The summed E-state index contributed by atoms with van der Waals surface area (Å²) in [7, 11) is 0. The van der Waals surface area contributed by atoms with E-state index in [4.69, 9.17) is 0 Å². The van der Waals surface area contributed by atoms with E-state index < -0.39 is 11.8 Å². The van der Waals surface area contributed by atoms with Gasteiger partial charge in [-0.05, 0) is 24.3 Å². The van der Waals surface area contributed by atoms with Crippen molar-refractivity contribution in [3.8, 4) is 11.8 Å². The summed E-state index contributed by atoms with van der Waals surface area (Å²) in [6.07, 6.45) is 0. The van der Waals surface area contributed by atoms with Crippen LogP contribution < -0.4 is 10.6 Å². The van der Waals surface area contributed by atoms with Crippen LogP contribution in [-0.2, 0) is 0 Å². The van der Waals surface area contributed by atoms with Crippen LogP contribution in [0.3, 0.4) is 0 Å². The maximum absolute atomic E-state index is 13.3. The van der Waals surface area contributed by atoms with Gasteiger partial charge < -0.3 is 10.6 Å². The Labute approximate surface area is 116 Å². The third-order valence-electron chi connectivity index (χ3n) is 2.47. The number of carbonyl (C=O) groups excluding carboxylic acids is 1. The van der Waals surface area contributed by atoms with Gasteiger partial charge >= 0.3 is 6.03 Å². The maximum atomic E-state index is 13.3. The molecule has 0 saturated carbocycles. The Balaban J connectivity index is 1.82. The van der Waals surface area contributed by atoms with Crippen LogP contribution in [0.4, 0.5) is 14.9 Å². The average Bonchev–Trinajstić information content (AvgIpc) is 2.47. The van der Waals surface area contributed by atoms with Crippen LogP contribution in [0.15, 0.2) is 54.6 Å². The van der Waals surface area contributed by atoms with Gasteiger partial charge in [0.2, 0.25) is 0 Å². The number of amides is 2. The molecule has 4 heteroatoms. The van der Waals surface area contributed by atoms with Crippen LogP contribution in [0, 0.1) is 17.7 Å². The summed E-state index contributed by atoms with van der Waals surface area (Å²) in [6.45, 7) is 0.190. The second-order valence-electron chi connectivity index (χ2n) is 3.96. The molecule has 0 aliphatic rings. The van der Waals surface area contributed by atoms with Crippen LogP contribution in [0.25, 0.3) is 0 Å². The first kappa shape index (κ1) is 13.6. The number of hydrogen-bond acceptors (Lipinski definition) is 1. The zero-order chi connectivity index (χ0) is 14.2. The Morgan fingerprint density at radius 3 is 2.50 bits per heavy atom. The van der Waals surface area contributed by atoms with Crippen molar-refractivity contribution >= 4 is 11.7 Å². The highest BCUT2D eigenvalue weighted by molar-refractivity contribution is 5.89. The number of nitrogens with one attached hydrogen (secondary N) is 2. The fraction of sp³-hybridized carbons (Fsp3) is 0.0625.